The van der Waals surface area contributed by atoms with Crippen LogP contribution in [0.5, 0.6) is 11.5 Å². The number of piperidine rings is 1. The average Bonchev–Trinajstić information content (AvgIpc) is 3.59. The van der Waals surface area contributed by atoms with Crippen molar-refractivity contribution >= 4 is 22.7 Å². The number of rotatable bonds is 9. The topological polar surface area (TPSA) is 71.8 Å². The normalized spacial score (nSPS) is 19.8. The van der Waals surface area contributed by atoms with E-state index in [-0.39, 0.29) is 0 Å². The van der Waals surface area contributed by atoms with Gasteiger partial charge in [0.2, 0.25) is 0 Å². The molecule has 7 nitrogen and oxygen atoms in total. The minimum Gasteiger partial charge on any atom is -0.493 e. The van der Waals surface area contributed by atoms with Crippen molar-refractivity contribution in [3.63, 3.8) is 0 Å². The van der Waals surface area contributed by atoms with Crippen molar-refractivity contribution in [3.05, 3.63) is 41.4 Å². The molecule has 39 heavy (non-hydrogen) atoms. The number of nitrogens with zero attached hydrogens (tertiary/aromatic N) is 2. The van der Waals surface area contributed by atoms with Gasteiger partial charge in [0.1, 0.15) is 11.5 Å². The van der Waals surface area contributed by atoms with Crippen molar-refractivity contribution in [1.29, 1.82) is 0 Å². The van der Waals surface area contributed by atoms with Gasteiger partial charge in [-0.15, -0.1) is 0 Å². The van der Waals surface area contributed by atoms with E-state index in [4.69, 9.17) is 18.9 Å². The number of ether oxygens (including phenoxy) is 2. The number of pyridine rings is 1. The van der Waals surface area contributed by atoms with Gasteiger partial charge in [-0.05, 0) is 96.6 Å². The molecule has 2 fully saturated rings. The summed E-state index contributed by atoms with van der Waals surface area (Å²) < 4.78 is 18.0. The van der Waals surface area contributed by atoms with Crippen LogP contribution in [0.25, 0.3) is 28.2 Å². The van der Waals surface area contributed by atoms with E-state index >= 15 is 0 Å². The first-order valence-corrected chi connectivity index (χ1v) is 14.7. The summed E-state index contributed by atoms with van der Waals surface area (Å²) in [5.41, 5.74) is 5.11. The Labute approximate surface area is 231 Å². The van der Waals surface area contributed by atoms with Crippen LogP contribution in [0.15, 0.2) is 28.7 Å². The zero-order valence-electron chi connectivity index (χ0n) is 23.6. The Balaban J connectivity index is 1.34. The summed E-state index contributed by atoms with van der Waals surface area (Å²) in [4.78, 5) is 7.72. The highest BCUT2D eigenvalue weighted by molar-refractivity contribution is 6.02. The standard InChI is InChI=1S/C32H42N4O3/c1-21-17-26(22(2)39-21)31-25-8-7-24(18-23-9-11-33-12-10-23)34-32(25)27-19-29(37-3)30(20-28(27)35-31)38-16-6-15-36-13-4-5-14-36/h7-8,17,19-20,23-24,33-34H,4-6,9-16,18H2,1-3H3. The maximum absolute atomic E-state index is 6.28. The fourth-order valence-electron chi connectivity index (χ4n) is 6.48. The third-order valence-corrected chi connectivity index (χ3v) is 8.55. The lowest BCUT2D eigenvalue weighted by Gasteiger charge is -2.30. The van der Waals surface area contributed by atoms with Gasteiger partial charge in [0.05, 0.1) is 30.6 Å². The fraction of sp³-hybridized carbons (Fsp3) is 0.531. The predicted octanol–water partition coefficient (Wildman–Crippen LogP) is 6.18. The summed E-state index contributed by atoms with van der Waals surface area (Å²) >= 11 is 0. The Morgan fingerprint density at radius 1 is 1.08 bits per heavy atom. The third kappa shape index (κ3) is 5.66. The molecule has 2 aromatic heterocycles. The summed E-state index contributed by atoms with van der Waals surface area (Å²) in [6.07, 6.45) is 11.8. The molecule has 0 amide bonds. The van der Waals surface area contributed by atoms with Gasteiger partial charge in [-0.2, -0.15) is 0 Å². The third-order valence-electron chi connectivity index (χ3n) is 8.55. The van der Waals surface area contributed by atoms with Gasteiger partial charge in [-0.1, -0.05) is 12.2 Å². The molecule has 7 heteroatoms. The Hall–Kier alpha value is -3.03. The van der Waals surface area contributed by atoms with Crippen molar-refractivity contribution in [2.24, 2.45) is 5.92 Å². The van der Waals surface area contributed by atoms with Crippen molar-refractivity contribution in [2.75, 3.05) is 51.8 Å². The molecule has 0 bridgehead atoms. The molecule has 1 atom stereocenters. The van der Waals surface area contributed by atoms with Gasteiger partial charge in [-0.3, -0.25) is 0 Å². The Morgan fingerprint density at radius 2 is 1.90 bits per heavy atom. The number of furan rings is 1. The maximum atomic E-state index is 6.28. The molecule has 3 aromatic rings. The number of anilines is 1. The van der Waals surface area contributed by atoms with Crippen LogP contribution in [0.2, 0.25) is 0 Å². The number of hydrogen-bond donors (Lipinski definition) is 2. The summed E-state index contributed by atoms with van der Waals surface area (Å²) in [5.74, 6) is 4.02. The zero-order valence-corrected chi connectivity index (χ0v) is 23.6. The lowest BCUT2D eigenvalue weighted by Crippen LogP contribution is -2.32. The molecular formula is C32H42N4O3. The zero-order chi connectivity index (χ0) is 26.8. The summed E-state index contributed by atoms with van der Waals surface area (Å²) in [6.45, 7) is 10.4. The molecule has 208 valence electrons. The Bertz CT molecular complexity index is 1340. The molecule has 1 aromatic carbocycles. The van der Waals surface area contributed by atoms with Crippen LogP contribution in [0, 0.1) is 19.8 Å². The van der Waals surface area contributed by atoms with Crippen molar-refractivity contribution in [2.45, 2.75) is 58.4 Å². The van der Waals surface area contributed by atoms with Gasteiger partial charge in [-0.25, -0.2) is 4.98 Å². The van der Waals surface area contributed by atoms with Crippen molar-refractivity contribution in [3.8, 4) is 22.8 Å². The van der Waals surface area contributed by atoms with E-state index in [1.54, 1.807) is 7.11 Å². The van der Waals surface area contributed by atoms with E-state index in [0.29, 0.717) is 12.6 Å². The van der Waals surface area contributed by atoms with E-state index in [1.807, 2.05) is 13.8 Å². The number of hydrogen-bond acceptors (Lipinski definition) is 7. The van der Waals surface area contributed by atoms with Crippen LogP contribution in [0.4, 0.5) is 5.69 Å². The van der Waals surface area contributed by atoms with Gasteiger partial charge < -0.3 is 29.4 Å². The minimum atomic E-state index is 0.291. The Kier molecular flexibility index (Phi) is 7.80. The number of nitrogens with one attached hydrogen (secondary N) is 2. The number of likely N-dealkylation sites (tertiary alicyclic amines) is 1. The summed E-state index contributed by atoms with van der Waals surface area (Å²) in [5, 5.41) is 8.45. The monoisotopic (exact) mass is 530 g/mol. The largest absolute Gasteiger partial charge is 0.493 e. The maximum Gasteiger partial charge on any atom is 0.163 e. The highest BCUT2D eigenvalue weighted by atomic mass is 16.5. The average molecular weight is 531 g/mol. The first-order valence-electron chi connectivity index (χ1n) is 14.7. The summed E-state index contributed by atoms with van der Waals surface area (Å²) in [7, 11) is 1.72. The second kappa shape index (κ2) is 11.6. The van der Waals surface area contributed by atoms with E-state index in [0.717, 1.165) is 94.8 Å². The van der Waals surface area contributed by atoms with Gasteiger partial charge in [0.25, 0.3) is 0 Å². The van der Waals surface area contributed by atoms with E-state index in [1.165, 1.54) is 38.8 Å². The number of methoxy groups -OCH3 is 1. The van der Waals surface area contributed by atoms with Crippen LogP contribution in [-0.4, -0.2) is 62.4 Å². The smallest absolute Gasteiger partial charge is 0.163 e. The van der Waals surface area contributed by atoms with Crippen LogP contribution in [-0.2, 0) is 0 Å². The molecule has 3 aliphatic rings. The molecule has 0 spiro atoms. The second-order valence-corrected chi connectivity index (χ2v) is 11.4. The minimum absolute atomic E-state index is 0.291. The first-order chi connectivity index (χ1) is 19.1. The summed E-state index contributed by atoms with van der Waals surface area (Å²) in [6, 6.07) is 6.54. The van der Waals surface area contributed by atoms with Crippen LogP contribution < -0.4 is 20.1 Å². The van der Waals surface area contributed by atoms with E-state index in [9.17, 15) is 0 Å². The fourth-order valence-corrected chi connectivity index (χ4v) is 6.48. The lowest BCUT2D eigenvalue weighted by molar-refractivity contribution is 0.254. The molecule has 3 aliphatic heterocycles. The molecule has 1 unspecified atom stereocenters. The van der Waals surface area contributed by atoms with Gasteiger partial charge in [0, 0.05) is 35.2 Å². The number of aryl methyl sites for hydroxylation is 2. The van der Waals surface area contributed by atoms with Crippen LogP contribution >= 0.6 is 0 Å². The highest BCUT2D eigenvalue weighted by Crippen LogP contribution is 2.43. The van der Waals surface area contributed by atoms with E-state index < -0.39 is 0 Å². The number of fused-ring (bicyclic) bond motifs is 3. The van der Waals surface area contributed by atoms with Gasteiger partial charge >= 0.3 is 0 Å². The molecule has 0 aliphatic carbocycles. The molecule has 5 heterocycles. The quantitative estimate of drug-likeness (QED) is 0.320. The van der Waals surface area contributed by atoms with Crippen molar-refractivity contribution in [1.82, 2.24) is 15.2 Å². The van der Waals surface area contributed by atoms with E-state index in [2.05, 4.69) is 45.9 Å². The highest BCUT2D eigenvalue weighted by Gasteiger charge is 2.26. The van der Waals surface area contributed by atoms with Gasteiger partial charge in [0.15, 0.2) is 11.5 Å². The second-order valence-electron chi connectivity index (χ2n) is 11.4. The first kappa shape index (κ1) is 26.2. The SMILES string of the molecule is COc1cc2c3c(c(-c4cc(C)oc4C)nc2cc1OCCCN1CCCC1)C=CC(CC1CCNCC1)N3. The predicted molar refractivity (Wildman–Crippen MR) is 158 cm³/mol. The molecular weight excluding hydrogens is 488 g/mol. The number of benzene rings is 1. The van der Waals surface area contributed by atoms with Crippen LogP contribution in [0.3, 0.4) is 0 Å². The molecule has 2 saturated heterocycles. The lowest BCUT2D eigenvalue weighted by atomic mass is 9.88. The molecule has 0 saturated carbocycles. The molecule has 6 rings (SSSR count). The molecule has 2 N–H and O–H groups in total. The van der Waals surface area contributed by atoms with Crippen LogP contribution in [0.1, 0.15) is 55.6 Å². The Morgan fingerprint density at radius 3 is 2.64 bits per heavy atom. The van der Waals surface area contributed by atoms with Crippen molar-refractivity contribution < 1.29 is 13.9 Å². The number of aromatic nitrogens is 1. The molecule has 0 radical (unpaired) electrons.